The highest BCUT2D eigenvalue weighted by molar-refractivity contribution is 5.97. The molecule has 0 spiro atoms. The molecule has 1 rings (SSSR count). The van der Waals surface area contributed by atoms with Gasteiger partial charge in [0, 0.05) is 12.1 Å². The van der Waals surface area contributed by atoms with Gasteiger partial charge in [-0.3, -0.25) is 19.8 Å². The van der Waals surface area contributed by atoms with Crippen LogP contribution in [0.4, 0.5) is 4.79 Å². The van der Waals surface area contributed by atoms with E-state index < -0.39 is 35.0 Å². The predicted octanol–water partition coefficient (Wildman–Crippen LogP) is -0.298. The molecule has 1 saturated heterocycles. The lowest BCUT2D eigenvalue weighted by Gasteiger charge is -2.40. The lowest BCUT2D eigenvalue weighted by Crippen LogP contribution is -2.58. The fourth-order valence-corrected chi connectivity index (χ4v) is 2.70. The van der Waals surface area contributed by atoms with Crippen molar-refractivity contribution in [2.24, 2.45) is 5.73 Å². The number of amides is 4. The molecule has 0 radical (unpaired) electrons. The summed E-state index contributed by atoms with van der Waals surface area (Å²) < 4.78 is 0. The molecular formula is C15H28N4O4. The van der Waals surface area contributed by atoms with Gasteiger partial charge in [-0.25, -0.2) is 4.79 Å². The van der Waals surface area contributed by atoms with Gasteiger partial charge < -0.3 is 16.2 Å². The van der Waals surface area contributed by atoms with Crippen LogP contribution in [0.5, 0.6) is 0 Å². The molecule has 0 aromatic rings. The van der Waals surface area contributed by atoms with Gasteiger partial charge in [-0.1, -0.05) is 0 Å². The largest absolute Gasteiger partial charge is 0.388 e. The molecule has 23 heavy (non-hydrogen) atoms. The molecule has 0 aromatic carbocycles. The van der Waals surface area contributed by atoms with Gasteiger partial charge in [0.2, 0.25) is 11.8 Å². The zero-order valence-corrected chi connectivity index (χ0v) is 14.3. The van der Waals surface area contributed by atoms with Gasteiger partial charge in [-0.05, 0) is 47.1 Å². The second-order valence-electron chi connectivity index (χ2n) is 7.31. The van der Waals surface area contributed by atoms with Gasteiger partial charge in [-0.2, -0.15) is 0 Å². The predicted molar refractivity (Wildman–Crippen MR) is 85.5 cm³/mol. The van der Waals surface area contributed by atoms with E-state index in [0.29, 0.717) is 19.4 Å². The standard InChI is InChI=1S/C15H28N4O4/c1-10(12(21)17-13(22)18-14(2,3)4)19-7-5-6-15(23,9-19)8-11(16)20/h10,23H,5-9H2,1-4H3,(H2,16,20)(H2,17,18,21,22). The minimum absolute atomic E-state index is 0.137. The molecule has 4 amide bonds. The average Bonchev–Trinajstić information content (AvgIpc) is 2.33. The summed E-state index contributed by atoms with van der Waals surface area (Å²) >= 11 is 0. The van der Waals surface area contributed by atoms with E-state index in [9.17, 15) is 19.5 Å². The number of β-amino-alcohol motifs (C(OH)–C–C–N with tert-alkyl or cyclic N) is 1. The molecule has 1 aliphatic heterocycles. The Kier molecular flexibility index (Phi) is 6.12. The number of rotatable bonds is 4. The fraction of sp³-hybridized carbons (Fsp3) is 0.800. The Labute approximate surface area is 136 Å². The zero-order valence-electron chi connectivity index (χ0n) is 14.3. The number of carbonyl (C=O) groups is 3. The van der Waals surface area contributed by atoms with Crippen LogP contribution < -0.4 is 16.4 Å². The Hall–Kier alpha value is -1.67. The van der Waals surface area contributed by atoms with Crippen molar-refractivity contribution in [3.63, 3.8) is 0 Å². The maximum Gasteiger partial charge on any atom is 0.321 e. The Morgan fingerprint density at radius 3 is 2.48 bits per heavy atom. The minimum atomic E-state index is -1.22. The van der Waals surface area contributed by atoms with Crippen LogP contribution in [0.2, 0.25) is 0 Å². The summed E-state index contributed by atoms with van der Waals surface area (Å²) in [5.74, 6) is -1.02. The smallest absolute Gasteiger partial charge is 0.321 e. The number of nitrogens with one attached hydrogen (secondary N) is 2. The Bertz CT molecular complexity index is 475. The van der Waals surface area contributed by atoms with Crippen molar-refractivity contribution in [2.45, 2.75) is 64.1 Å². The van der Waals surface area contributed by atoms with Crippen molar-refractivity contribution >= 4 is 17.8 Å². The van der Waals surface area contributed by atoms with Crippen LogP contribution in [0.3, 0.4) is 0 Å². The first-order valence-corrected chi connectivity index (χ1v) is 7.80. The third-order valence-corrected chi connectivity index (χ3v) is 3.74. The molecule has 1 fully saturated rings. The summed E-state index contributed by atoms with van der Waals surface area (Å²) in [7, 11) is 0. The fourth-order valence-electron chi connectivity index (χ4n) is 2.70. The van der Waals surface area contributed by atoms with Crippen molar-refractivity contribution < 1.29 is 19.5 Å². The van der Waals surface area contributed by atoms with Crippen LogP contribution in [0.1, 0.15) is 47.0 Å². The van der Waals surface area contributed by atoms with E-state index in [1.807, 2.05) is 20.8 Å². The number of carbonyl (C=O) groups excluding carboxylic acids is 3. The van der Waals surface area contributed by atoms with Crippen LogP contribution in [-0.2, 0) is 9.59 Å². The molecule has 1 heterocycles. The summed E-state index contributed by atoms with van der Waals surface area (Å²) in [6.07, 6.45) is 0.975. The second kappa shape index (κ2) is 7.27. The van der Waals surface area contributed by atoms with E-state index in [-0.39, 0.29) is 13.0 Å². The number of likely N-dealkylation sites (tertiary alicyclic amines) is 1. The number of hydrogen-bond donors (Lipinski definition) is 4. The molecular weight excluding hydrogens is 300 g/mol. The normalized spacial score (nSPS) is 23.9. The molecule has 2 unspecified atom stereocenters. The first kappa shape index (κ1) is 19.4. The van der Waals surface area contributed by atoms with Crippen molar-refractivity contribution in [1.82, 2.24) is 15.5 Å². The summed E-state index contributed by atoms with van der Waals surface area (Å²) in [5, 5.41) is 15.4. The van der Waals surface area contributed by atoms with Gasteiger partial charge in [0.15, 0.2) is 0 Å². The molecule has 8 nitrogen and oxygen atoms in total. The summed E-state index contributed by atoms with van der Waals surface area (Å²) in [5.41, 5.74) is 3.50. The highest BCUT2D eigenvalue weighted by Gasteiger charge is 2.38. The van der Waals surface area contributed by atoms with E-state index in [1.165, 1.54) is 0 Å². The second-order valence-corrected chi connectivity index (χ2v) is 7.31. The van der Waals surface area contributed by atoms with E-state index in [0.717, 1.165) is 0 Å². The average molecular weight is 328 g/mol. The number of imide groups is 1. The van der Waals surface area contributed by atoms with Gasteiger partial charge in [0.1, 0.15) is 0 Å². The highest BCUT2D eigenvalue weighted by Crippen LogP contribution is 2.25. The first-order valence-electron chi connectivity index (χ1n) is 7.80. The van der Waals surface area contributed by atoms with Crippen LogP contribution in [0.25, 0.3) is 0 Å². The lowest BCUT2D eigenvalue weighted by atomic mass is 9.88. The maximum atomic E-state index is 12.2. The zero-order chi connectivity index (χ0) is 17.8. The van der Waals surface area contributed by atoms with Crippen LogP contribution in [0, 0.1) is 0 Å². The molecule has 0 bridgehead atoms. The molecule has 0 saturated carbocycles. The first-order chi connectivity index (χ1) is 10.4. The maximum absolute atomic E-state index is 12.2. The topological polar surface area (TPSA) is 125 Å². The number of piperidine rings is 1. The van der Waals surface area contributed by atoms with E-state index in [1.54, 1.807) is 11.8 Å². The molecule has 5 N–H and O–H groups in total. The van der Waals surface area contributed by atoms with E-state index >= 15 is 0 Å². The number of nitrogens with zero attached hydrogens (tertiary/aromatic N) is 1. The number of primary amides is 1. The lowest BCUT2D eigenvalue weighted by molar-refractivity contribution is -0.130. The Morgan fingerprint density at radius 1 is 1.35 bits per heavy atom. The van der Waals surface area contributed by atoms with E-state index in [2.05, 4.69) is 10.6 Å². The number of urea groups is 1. The Balaban J connectivity index is 2.62. The monoisotopic (exact) mass is 328 g/mol. The molecule has 1 aliphatic rings. The van der Waals surface area contributed by atoms with Crippen LogP contribution in [0.15, 0.2) is 0 Å². The Morgan fingerprint density at radius 2 is 1.96 bits per heavy atom. The number of hydrogen-bond acceptors (Lipinski definition) is 5. The minimum Gasteiger partial charge on any atom is -0.388 e. The van der Waals surface area contributed by atoms with E-state index in [4.69, 9.17) is 5.73 Å². The van der Waals surface area contributed by atoms with Gasteiger partial charge in [0.05, 0.1) is 18.1 Å². The summed E-state index contributed by atoms with van der Waals surface area (Å²) in [6.45, 7) is 7.89. The molecule has 0 aromatic heterocycles. The summed E-state index contributed by atoms with van der Waals surface area (Å²) in [6, 6.07) is -1.15. The number of aliphatic hydroxyl groups is 1. The van der Waals surface area contributed by atoms with Crippen molar-refractivity contribution in [3.05, 3.63) is 0 Å². The molecule has 132 valence electrons. The quantitative estimate of drug-likeness (QED) is 0.564. The molecule has 8 heteroatoms. The highest BCUT2D eigenvalue weighted by atomic mass is 16.3. The van der Waals surface area contributed by atoms with Crippen LogP contribution >= 0.6 is 0 Å². The molecule has 2 atom stereocenters. The van der Waals surface area contributed by atoms with Crippen molar-refractivity contribution in [3.8, 4) is 0 Å². The van der Waals surface area contributed by atoms with Crippen molar-refractivity contribution in [2.75, 3.05) is 13.1 Å². The van der Waals surface area contributed by atoms with Gasteiger partial charge in [0.25, 0.3) is 0 Å². The van der Waals surface area contributed by atoms with Gasteiger partial charge >= 0.3 is 6.03 Å². The summed E-state index contributed by atoms with van der Waals surface area (Å²) in [4.78, 5) is 36.8. The third-order valence-electron chi connectivity index (χ3n) is 3.74. The van der Waals surface area contributed by atoms with Crippen LogP contribution in [-0.4, -0.2) is 58.1 Å². The third kappa shape index (κ3) is 6.54. The van der Waals surface area contributed by atoms with Crippen molar-refractivity contribution in [1.29, 1.82) is 0 Å². The number of nitrogens with two attached hydrogens (primary N) is 1. The molecule has 0 aliphatic carbocycles. The SMILES string of the molecule is CC(C(=O)NC(=O)NC(C)(C)C)N1CCCC(O)(CC(N)=O)C1. The van der Waals surface area contributed by atoms with Gasteiger partial charge in [-0.15, -0.1) is 0 Å².